The van der Waals surface area contributed by atoms with Gasteiger partial charge in [-0.25, -0.2) is 4.90 Å². The molecule has 0 N–H and O–H groups in total. The topological polar surface area (TPSA) is 66.9 Å². The second kappa shape index (κ2) is 9.65. The molecule has 1 aliphatic heterocycles. The Kier molecular flexibility index (Phi) is 6.67. The predicted octanol–water partition coefficient (Wildman–Crippen LogP) is 4.98. The molecule has 0 aliphatic carbocycles. The predicted molar refractivity (Wildman–Crippen MR) is 127 cm³/mol. The van der Waals surface area contributed by atoms with Crippen molar-refractivity contribution >= 4 is 46.6 Å². The summed E-state index contributed by atoms with van der Waals surface area (Å²) in [7, 11) is 1.57. The molecule has 3 aromatic rings. The van der Waals surface area contributed by atoms with Gasteiger partial charge in [-0.2, -0.15) is 0 Å². The van der Waals surface area contributed by atoms with Crippen molar-refractivity contribution in [2.24, 2.45) is 0 Å². The molecule has 0 spiro atoms. The van der Waals surface area contributed by atoms with Crippen LogP contribution in [0.3, 0.4) is 0 Å². The first-order chi connectivity index (χ1) is 15.9. The molecule has 8 heteroatoms. The van der Waals surface area contributed by atoms with Gasteiger partial charge >= 0.3 is 0 Å². The third-order valence-corrected chi connectivity index (χ3v) is 5.95. The normalized spacial score (nSPS) is 15.6. The zero-order chi connectivity index (χ0) is 23.5. The number of imide groups is 1. The molecule has 3 amide bonds. The third-order valence-electron chi connectivity index (χ3n) is 5.45. The number of methoxy groups -OCH3 is 1. The molecule has 168 valence electrons. The number of halogens is 2. The fourth-order valence-electron chi connectivity index (χ4n) is 3.73. The van der Waals surface area contributed by atoms with Gasteiger partial charge in [-0.3, -0.25) is 14.4 Å². The highest BCUT2D eigenvalue weighted by Gasteiger charge is 2.44. The van der Waals surface area contributed by atoms with Crippen molar-refractivity contribution < 1.29 is 19.1 Å². The van der Waals surface area contributed by atoms with Crippen LogP contribution in [0.5, 0.6) is 5.75 Å². The number of hydrogen-bond acceptors (Lipinski definition) is 4. The van der Waals surface area contributed by atoms with Gasteiger partial charge in [0, 0.05) is 22.2 Å². The van der Waals surface area contributed by atoms with Gasteiger partial charge in [0.15, 0.2) is 0 Å². The summed E-state index contributed by atoms with van der Waals surface area (Å²) in [5.74, 6) is -0.531. The minimum absolute atomic E-state index is 0.114. The smallest absolute Gasteiger partial charge is 0.257 e. The number of carbonyl (C=O) groups excluding carboxylic acids is 3. The molecule has 3 aromatic carbocycles. The first-order valence-electron chi connectivity index (χ1n) is 10.2. The minimum atomic E-state index is -0.946. The molecule has 6 nitrogen and oxygen atoms in total. The van der Waals surface area contributed by atoms with Crippen molar-refractivity contribution in [3.63, 3.8) is 0 Å². The Morgan fingerprint density at radius 2 is 1.52 bits per heavy atom. The lowest BCUT2D eigenvalue weighted by Crippen LogP contribution is -2.45. The zero-order valence-corrected chi connectivity index (χ0v) is 19.2. The number of rotatable bonds is 6. The summed E-state index contributed by atoms with van der Waals surface area (Å²) in [6, 6.07) is 19.1. The average molecular weight is 483 g/mol. The van der Waals surface area contributed by atoms with Crippen LogP contribution in [-0.4, -0.2) is 35.8 Å². The van der Waals surface area contributed by atoms with Crippen LogP contribution in [0.2, 0.25) is 10.0 Å². The summed E-state index contributed by atoms with van der Waals surface area (Å²) in [6.07, 6.45) is -0.114. The molecule has 1 atom stereocenters. The summed E-state index contributed by atoms with van der Waals surface area (Å²) in [4.78, 5) is 42.2. The second-order valence-corrected chi connectivity index (χ2v) is 8.42. The largest absolute Gasteiger partial charge is 0.497 e. The van der Waals surface area contributed by atoms with Crippen LogP contribution in [0, 0.1) is 0 Å². The number of amides is 3. The van der Waals surface area contributed by atoms with E-state index in [0.717, 1.165) is 10.5 Å². The maximum atomic E-state index is 13.5. The summed E-state index contributed by atoms with van der Waals surface area (Å²) >= 11 is 11.9. The molecule has 0 radical (unpaired) electrons. The fourth-order valence-corrected chi connectivity index (χ4v) is 3.98. The van der Waals surface area contributed by atoms with Crippen LogP contribution in [-0.2, 0) is 16.1 Å². The second-order valence-electron chi connectivity index (χ2n) is 7.55. The molecular formula is C25H20Cl2N2O4. The molecule has 0 bridgehead atoms. The van der Waals surface area contributed by atoms with Crippen molar-refractivity contribution in [1.29, 1.82) is 0 Å². The Morgan fingerprint density at radius 3 is 2.09 bits per heavy atom. The van der Waals surface area contributed by atoms with E-state index in [9.17, 15) is 14.4 Å². The van der Waals surface area contributed by atoms with Crippen molar-refractivity contribution in [1.82, 2.24) is 4.90 Å². The van der Waals surface area contributed by atoms with Gasteiger partial charge in [0.05, 0.1) is 19.2 Å². The lowest BCUT2D eigenvalue weighted by molar-refractivity contribution is -0.122. The standard InChI is InChI=1S/C25H20Cl2N2O4/c1-33-21-12-2-16(3-13-21)15-28(24(31)17-4-6-18(26)7-5-17)22-14-23(30)29(25(22)32)20-10-8-19(27)9-11-20/h2-13,22H,14-15H2,1H3. The SMILES string of the molecule is COc1ccc(CN(C(=O)c2ccc(Cl)cc2)C2CC(=O)N(c3ccc(Cl)cc3)C2=O)cc1. The highest BCUT2D eigenvalue weighted by molar-refractivity contribution is 6.31. The average Bonchev–Trinajstić information content (AvgIpc) is 3.12. The summed E-state index contributed by atoms with van der Waals surface area (Å²) in [5, 5.41) is 0.989. The Balaban J connectivity index is 1.67. The van der Waals surface area contributed by atoms with Crippen molar-refractivity contribution in [3.05, 3.63) is 94.0 Å². The molecule has 1 aliphatic rings. The molecule has 1 heterocycles. The van der Waals surface area contributed by atoms with Crippen LogP contribution < -0.4 is 9.64 Å². The molecule has 1 saturated heterocycles. The third kappa shape index (κ3) is 4.87. The number of benzene rings is 3. The van der Waals surface area contributed by atoms with Gasteiger partial charge in [-0.15, -0.1) is 0 Å². The Morgan fingerprint density at radius 1 is 0.939 bits per heavy atom. The van der Waals surface area contributed by atoms with Gasteiger partial charge in [0.1, 0.15) is 11.8 Å². The number of carbonyl (C=O) groups is 3. The molecular weight excluding hydrogens is 463 g/mol. The maximum Gasteiger partial charge on any atom is 0.257 e. The number of anilines is 1. The number of nitrogens with zero attached hydrogens (tertiary/aromatic N) is 2. The first kappa shape index (κ1) is 22.8. The number of ether oxygens (including phenoxy) is 1. The van der Waals surface area contributed by atoms with Crippen LogP contribution in [0.15, 0.2) is 72.8 Å². The van der Waals surface area contributed by atoms with E-state index in [4.69, 9.17) is 27.9 Å². The monoisotopic (exact) mass is 482 g/mol. The van der Waals surface area contributed by atoms with E-state index < -0.39 is 11.9 Å². The van der Waals surface area contributed by atoms with Crippen LogP contribution in [0.4, 0.5) is 5.69 Å². The minimum Gasteiger partial charge on any atom is -0.497 e. The maximum absolute atomic E-state index is 13.5. The van der Waals surface area contributed by atoms with Crippen LogP contribution in [0.25, 0.3) is 0 Å². The molecule has 33 heavy (non-hydrogen) atoms. The van der Waals surface area contributed by atoms with Crippen molar-refractivity contribution in [3.8, 4) is 5.75 Å². The Labute approximate surface area is 201 Å². The van der Waals surface area contributed by atoms with Crippen LogP contribution in [0.1, 0.15) is 22.3 Å². The Hall–Kier alpha value is -3.35. The first-order valence-corrected chi connectivity index (χ1v) is 10.9. The highest BCUT2D eigenvalue weighted by Crippen LogP contribution is 2.29. The van der Waals surface area contributed by atoms with Gasteiger partial charge in [0.25, 0.3) is 11.8 Å². The van der Waals surface area contributed by atoms with E-state index in [2.05, 4.69) is 0 Å². The number of hydrogen-bond donors (Lipinski definition) is 0. The van der Waals surface area contributed by atoms with E-state index in [-0.39, 0.29) is 24.8 Å². The van der Waals surface area contributed by atoms with E-state index in [1.807, 2.05) is 12.1 Å². The Bertz CT molecular complexity index is 1180. The van der Waals surface area contributed by atoms with Gasteiger partial charge in [-0.05, 0) is 66.2 Å². The lowest BCUT2D eigenvalue weighted by Gasteiger charge is -2.28. The van der Waals surface area contributed by atoms with Crippen LogP contribution >= 0.6 is 23.2 Å². The summed E-state index contributed by atoms with van der Waals surface area (Å²) < 4.78 is 5.20. The molecule has 4 rings (SSSR count). The lowest BCUT2D eigenvalue weighted by atomic mass is 10.1. The van der Waals surface area contributed by atoms with Gasteiger partial charge in [-0.1, -0.05) is 35.3 Å². The highest BCUT2D eigenvalue weighted by atomic mass is 35.5. The molecule has 0 aromatic heterocycles. The van der Waals surface area contributed by atoms with E-state index in [1.165, 1.54) is 4.90 Å². The quantitative estimate of drug-likeness (QED) is 0.464. The molecule has 1 unspecified atom stereocenters. The van der Waals surface area contributed by atoms with Crippen molar-refractivity contribution in [2.75, 3.05) is 12.0 Å². The van der Waals surface area contributed by atoms with Gasteiger partial charge in [0.2, 0.25) is 5.91 Å². The summed E-state index contributed by atoms with van der Waals surface area (Å²) in [5.41, 5.74) is 1.58. The molecule has 0 saturated carbocycles. The van der Waals surface area contributed by atoms with E-state index in [1.54, 1.807) is 67.8 Å². The summed E-state index contributed by atoms with van der Waals surface area (Å²) in [6.45, 7) is 0.142. The van der Waals surface area contributed by atoms with E-state index in [0.29, 0.717) is 27.0 Å². The molecule has 1 fully saturated rings. The van der Waals surface area contributed by atoms with E-state index >= 15 is 0 Å². The van der Waals surface area contributed by atoms with Gasteiger partial charge < -0.3 is 9.64 Å². The van der Waals surface area contributed by atoms with Crippen molar-refractivity contribution in [2.45, 2.75) is 19.0 Å². The zero-order valence-electron chi connectivity index (χ0n) is 17.7. The fraction of sp³-hybridized carbons (Fsp3) is 0.160.